The number of nitrogens with zero attached hydrogens (tertiary/aromatic N) is 2. The zero-order valence-electron chi connectivity index (χ0n) is 16.7. The summed E-state index contributed by atoms with van der Waals surface area (Å²) in [5.74, 6) is -0.438. The van der Waals surface area contributed by atoms with Crippen LogP contribution in [0.25, 0.3) is 0 Å². The van der Waals surface area contributed by atoms with Gasteiger partial charge in [0.05, 0.1) is 15.6 Å². The number of imide groups is 1. The van der Waals surface area contributed by atoms with Gasteiger partial charge in [-0.1, -0.05) is 59.6 Å². The summed E-state index contributed by atoms with van der Waals surface area (Å²) in [4.78, 5) is 27.6. The van der Waals surface area contributed by atoms with Crippen molar-refractivity contribution in [2.75, 3.05) is 13.1 Å². The molecule has 29 heavy (non-hydrogen) atoms. The molecular weight excluding hydrogens is 411 g/mol. The van der Waals surface area contributed by atoms with Crippen LogP contribution < -0.4 is 5.11 Å². The molecule has 1 unspecified atom stereocenters. The molecule has 7 heteroatoms. The van der Waals surface area contributed by atoms with Crippen molar-refractivity contribution in [3.63, 3.8) is 0 Å². The first-order valence-electron chi connectivity index (χ1n) is 9.46. The van der Waals surface area contributed by atoms with Crippen molar-refractivity contribution < 1.29 is 19.2 Å². The van der Waals surface area contributed by atoms with Gasteiger partial charge in [-0.2, -0.15) is 4.48 Å². The van der Waals surface area contributed by atoms with Crippen LogP contribution in [-0.4, -0.2) is 40.0 Å². The molecule has 1 saturated heterocycles. The van der Waals surface area contributed by atoms with Gasteiger partial charge in [0.15, 0.2) is 6.17 Å². The first-order valence-corrected chi connectivity index (χ1v) is 10.2. The first kappa shape index (κ1) is 21.8. The van der Waals surface area contributed by atoms with E-state index in [2.05, 4.69) is 0 Å². The molecule has 1 fully saturated rings. The van der Waals surface area contributed by atoms with Crippen molar-refractivity contribution in [2.45, 2.75) is 38.9 Å². The van der Waals surface area contributed by atoms with Gasteiger partial charge in [-0.25, -0.2) is 9.69 Å². The third-order valence-electron chi connectivity index (χ3n) is 5.58. The lowest BCUT2D eigenvalue weighted by Crippen LogP contribution is -2.70. The van der Waals surface area contributed by atoms with Gasteiger partial charge in [0.2, 0.25) is 0 Å². The Hall–Kier alpha value is -1.92. The molecule has 0 aromatic heterocycles. The summed E-state index contributed by atoms with van der Waals surface area (Å²) in [7, 11) is 0. The Balaban J connectivity index is 2.14. The van der Waals surface area contributed by atoms with Crippen LogP contribution in [0.4, 0.5) is 4.79 Å². The number of carboxylic acid groups (broad SMARTS) is 1. The SMILES string of the molecule is CC(C)(C)[N+]1(C(=O)[O-])C(=O)CN(CCc2ccccc2)[C@H]1c1c(Cl)cccc1Cl. The molecule has 0 saturated carbocycles. The molecule has 5 nitrogen and oxygen atoms in total. The minimum absolute atomic E-state index is 0.0235. The first-order chi connectivity index (χ1) is 13.6. The Morgan fingerprint density at radius 2 is 1.69 bits per heavy atom. The molecule has 0 bridgehead atoms. The van der Waals surface area contributed by atoms with Crippen LogP contribution in [0.5, 0.6) is 0 Å². The van der Waals surface area contributed by atoms with Crippen LogP contribution in [-0.2, 0) is 11.2 Å². The maximum absolute atomic E-state index is 13.2. The molecule has 1 aliphatic rings. The van der Waals surface area contributed by atoms with Gasteiger partial charge >= 0.3 is 5.91 Å². The fourth-order valence-electron chi connectivity index (χ4n) is 4.22. The molecule has 1 heterocycles. The fourth-order valence-corrected chi connectivity index (χ4v) is 4.81. The lowest BCUT2D eigenvalue weighted by molar-refractivity contribution is -0.880. The molecule has 0 spiro atoms. The van der Waals surface area contributed by atoms with Crippen molar-refractivity contribution in [3.05, 3.63) is 69.7 Å². The van der Waals surface area contributed by atoms with Crippen molar-refractivity contribution in [2.24, 2.45) is 0 Å². The van der Waals surface area contributed by atoms with Gasteiger partial charge in [-0.3, -0.25) is 0 Å². The average Bonchev–Trinajstić information content (AvgIpc) is 2.93. The molecule has 0 aliphatic carbocycles. The second kappa shape index (κ2) is 8.07. The highest BCUT2D eigenvalue weighted by Gasteiger charge is 2.63. The minimum atomic E-state index is -1.45. The second-order valence-electron chi connectivity index (χ2n) is 8.27. The van der Waals surface area contributed by atoms with E-state index < -0.39 is 28.2 Å². The maximum atomic E-state index is 13.2. The maximum Gasteiger partial charge on any atom is 0.336 e. The van der Waals surface area contributed by atoms with Crippen LogP contribution in [0.15, 0.2) is 48.5 Å². The number of quaternary nitrogens is 1. The van der Waals surface area contributed by atoms with E-state index in [0.29, 0.717) is 28.6 Å². The number of amides is 2. The van der Waals surface area contributed by atoms with Crippen LogP contribution in [0, 0.1) is 0 Å². The van der Waals surface area contributed by atoms with Gasteiger partial charge in [0.25, 0.3) is 6.09 Å². The quantitative estimate of drug-likeness (QED) is 0.681. The van der Waals surface area contributed by atoms with Gasteiger partial charge in [-0.05, 0) is 44.9 Å². The van der Waals surface area contributed by atoms with Crippen molar-refractivity contribution in [1.29, 1.82) is 0 Å². The molecule has 0 N–H and O–H groups in total. The van der Waals surface area contributed by atoms with E-state index in [-0.39, 0.29) is 6.54 Å². The molecule has 154 valence electrons. The number of halogens is 2. The zero-order chi connectivity index (χ0) is 21.4. The number of rotatable bonds is 4. The fraction of sp³-hybridized carbons (Fsp3) is 0.364. The summed E-state index contributed by atoms with van der Waals surface area (Å²) in [6, 6.07) is 14.9. The molecular formula is C22H24Cl2N2O3. The number of hydrogen-bond acceptors (Lipinski definition) is 4. The molecule has 0 radical (unpaired) electrons. The van der Waals surface area contributed by atoms with Crippen LogP contribution in [0.1, 0.15) is 38.1 Å². The second-order valence-corrected chi connectivity index (χ2v) is 9.08. The van der Waals surface area contributed by atoms with Crippen LogP contribution >= 0.6 is 23.2 Å². The summed E-state index contributed by atoms with van der Waals surface area (Å²) in [6.07, 6.45) is -1.67. The van der Waals surface area contributed by atoms with E-state index in [1.165, 1.54) is 0 Å². The number of hydrogen-bond donors (Lipinski definition) is 0. The van der Waals surface area contributed by atoms with Crippen LogP contribution in [0.2, 0.25) is 10.0 Å². The third-order valence-corrected chi connectivity index (χ3v) is 6.24. The highest BCUT2D eigenvalue weighted by molar-refractivity contribution is 6.36. The predicted octanol–water partition coefficient (Wildman–Crippen LogP) is 4.04. The van der Waals surface area contributed by atoms with Crippen molar-refractivity contribution >= 4 is 35.2 Å². The molecule has 1 aliphatic heterocycles. The topological polar surface area (TPSA) is 60.4 Å². The van der Waals surface area contributed by atoms with Gasteiger partial charge in [0, 0.05) is 6.54 Å². The van der Waals surface area contributed by atoms with E-state index >= 15 is 0 Å². The van der Waals surface area contributed by atoms with Gasteiger partial charge in [0.1, 0.15) is 12.1 Å². The van der Waals surface area contributed by atoms with Crippen LogP contribution in [0.3, 0.4) is 0 Å². The normalized spacial score (nSPS) is 22.8. The molecule has 2 aromatic carbocycles. The Bertz CT molecular complexity index is 907. The standard InChI is InChI=1S/C22H24Cl2N2O3/c1-22(2,3)26(21(28)29)18(27)14-25(13-12-15-8-5-4-6-9-15)20(26)19-16(23)10-7-11-17(19)24/h4-11,20H,12-14H2,1-3H3/t20-,26?/m1/s1. The highest BCUT2D eigenvalue weighted by Crippen LogP contribution is 2.48. The Morgan fingerprint density at radius 1 is 1.10 bits per heavy atom. The van der Waals surface area contributed by atoms with Gasteiger partial charge in [-0.15, -0.1) is 0 Å². The molecule has 3 rings (SSSR count). The Kier molecular flexibility index (Phi) is 6.06. The molecule has 2 atom stereocenters. The van der Waals surface area contributed by atoms with Crippen molar-refractivity contribution in [1.82, 2.24) is 4.90 Å². The average molecular weight is 435 g/mol. The number of benzene rings is 2. The molecule has 2 aromatic rings. The molecule has 2 amide bonds. The predicted molar refractivity (Wildman–Crippen MR) is 111 cm³/mol. The zero-order valence-corrected chi connectivity index (χ0v) is 18.2. The number of carbonyl (C=O) groups is 2. The monoisotopic (exact) mass is 434 g/mol. The lowest BCUT2D eigenvalue weighted by Gasteiger charge is -2.47. The summed E-state index contributed by atoms with van der Waals surface area (Å²) >= 11 is 13.0. The minimum Gasteiger partial charge on any atom is -0.498 e. The summed E-state index contributed by atoms with van der Waals surface area (Å²) < 4.78 is -0.884. The van der Waals surface area contributed by atoms with E-state index in [4.69, 9.17) is 23.2 Å². The summed E-state index contributed by atoms with van der Waals surface area (Å²) in [5, 5.41) is 13.2. The largest absolute Gasteiger partial charge is 0.498 e. The van der Waals surface area contributed by atoms with E-state index in [9.17, 15) is 14.7 Å². The number of carbonyl (C=O) groups excluding carboxylic acids is 2. The smallest absolute Gasteiger partial charge is 0.336 e. The lowest BCUT2D eigenvalue weighted by atomic mass is 9.98. The van der Waals surface area contributed by atoms with Gasteiger partial charge < -0.3 is 9.90 Å². The Labute approximate surface area is 181 Å². The van der Waals surface area contributed by atoms with E-state index in [1.807, 2.05) is 35.2 Å². The Morgan fingerprint density at radius 3 is 2.21 bits per heavy atom. The third kappa shape index (κ3) is 3.68. The summed E-state index contributed by atoms with van der Waals surface area (Å²) in [6.45, 7) is 5.62. The van der Waals surface area contributed by atoms with Crippen molar-refractivity contribution in [3.8, 4) is 0 Å². The van der Waals surface area contributed by atoms with E-state index in [1.54, 1.807) is 39.0 Å². The summed E-state index contributed by atoms with van der Waals surface area (Å²) in [5.41, 5.74) is 0.567. The highest BCUT2D eigenvalue weighted by atomic mass is 35.5. The van der Waals surface area contributed by atoms with E-state index in [0.717, 1.165) is 5.56 Å².